The van der Waals surface area contributed by atoms with Crippen molar-refractivity contribution in [1.29, 1.82) is 0 Å². The van der Waals surface area contributed by atoms with E-state index < -0.39 is 0 Å². The number of rotatable bonds is 2. The van der Waals surface area contributed by atoms with Crippen molar-refractivity contribution in [2.75, 3.05) is 0 Å². The number of imidazole rings is 1. The molecule has 1 aliphatic carbocycles. The zero-order valence-electron chi connectivity index (χ0n) is 8.61. The van der Waals surface area contributed by atoms with Gasteiger partial charge in [-0.25, -0.2) is 4.98 Å². The fraction of sp³-hybridized carbons (Fsp3) is 0.364. The third-order valence-corrected chi connectivity index (χ3v) is 4.71. The quantitative estimate of drug-likeness (QED) is 0.895. The highest BCUT2D eigenvalue weighted by Gasteiger charge is 2.29. The fourth-order valence-electron chi connectivity index (χ4n) is 2.01. The summed E-state index contributed by atoms with van der Waals surface area (Å²) in [4.78, 5) is 9.04. The number of aromatic nitrogens is 2. The maximum absolute atomic E-state index is 5.78. The first-order valence-electron chi connectivity index (χ1n) is 5.27. The number of H-pyrrole nitrogens is 1. The van der Waals surface area contributed by atoms with E-state index in [0.717, 1.165) is 28.8 Å². The highest BCUT2D eigenvalue weighted by atomic mass is 79.9. The molecule has 0 atom stereocenters. The monoisotopic (exact) mass is 297 g/mol. The number of nitrogens with two attached hydrogens (primary N) is 1. The van der Waals surface area contributed by atoms with Crippen LogP contribution in [0.1, 0.15) is 24.6 Å². The molecular formula is C11H12BrN3S. The zero-order chi connectivity index (χ0) is 11.1. The Morgan fingerprint density at radius 2 is 2.31 bits per heavy atom. The van der Waals surface area contributed by atoms with E-state index in [9.17, 15) is 0 Å². The molecule has 0 aliphatic heterocycles. The van der Waals surface area contributed by atoms with Crippen LogP contribution in [0.25, 0.3) is 10.6 Å². The van der Waals surface area contributed by atoms with Crippen LogP contribution in [0.3, 0.4) is 0 Å². The van der Waals surface area contributed by atoms with Gasteiger partial charge in [-0.3, -0.25) is 0 Å². The van der Waals surface area contributed by atoms with Crippen LogP contribution >= 0.6 is 27.3 Å². The van der Waals surface area contributed by atoms with Crippen LogP contribution in [0, 0.1) is 0 Å². The molecule has 0 aromatic carbocycles. The van der Waals surface area contributed by atoms with Gasteiger partial charge in [-0.05, 0) is 34.8 Å². The van der Waals surface area contributed by atoms with E-state index in [1.54, 1.807) is 11.3 Å². The summed E-state index contributed by atoms with van der Waals surface area (Å²) in [6.07, 6.45) is 4.03. The van der Waals surface area contributed by atoms with E-state index in [1.807, 2.05) is 6.20 Å². The molecule has 1 aliphatic rings. The Balaban J connectivity index is 1.82. The molecule has 84 valence electrons. The van der Waals surface area contributed by atoms with Crippen LogP contribution in [0.4, 0.5) is 0 Å². The second kappa shape index (κ2) is 3.98. The summed E-state index contributed by atoms with van der Waals surface area (Å²) in [6, 6.07) is 2.48. The van der Waals surface area contributed by atoms with Gasteiger partial charge in [-0.2, -0.15) is 0 Å². The second-order valence-corrected chi connectivity index (χ2v) is 6.07. The molecule has 0 unspecified atom stereocenters. The standard InChI is InChI=1S/C11H12BrN3S/c12-7-3-10(16-5-7)9-4-14-11(15-9)6-1-8(13)2-6/h3-6,8H,1-2,13H2,(H,14,15). The van der Waals surface area contributed by atoms with E-state index in [0.29, 0.717) is 12.0 Å². The first kappa shape index (κ1) is 10.5. The molecule has 0 amide bonds. The minimum Gasteiger partial charge on any atom is -0.341 e. The predicted molar refractivity (Wildman–Crippen MR) is 69.6 cm³/mol. The Morgan fingerprint density at radius 1 is 1.50 bits per heavy atom. The minimum absolute atomic E-state index is 0.370. The molecule has 16 heavy (non-hydrogen) atoms. The Morgan fingerprint density at radius 3 is 2.94 bits per heavy atom. The Labute approximate surface area is 106 Å². The van der Waals surface area contributed by atoms with E-state index in [4.69, 9.17) is 5.73 Å². The van der Waals surface area contributed by atoms with Crippen molar-refractivity contribution in [2.45, 2.75) is 24.8 Å². The highest BCUT2D eigenvalue weighted by molar-refractivity contribution is 9.10. The summed E-state index contributed by atoms with van der Waals surface area (Å²) in [6.45, 7) is 0. The lowest BCUT2D eigenvalue weighted by atomic mass is 9.80. The molecule has 2 aromatic rings. The summed E-state index contributed by atoms with van der Waals surface area (Å²) in [5.41, 5.74) is 6.88. The topological polar surface area (TPSA) is 54.7 Å². The number of aromatic amines is 1. The van der Waals surface area contributed by atoms with E-state index >= 15 is 0 Å². The van der Waals surface area contributed by atoms with Gasteiger partial charge in [0.15, 0.2) is 0 Å². The van der Waals surface area contributed by atoms with Gasteiger partial charge in [-0.1, -0.05) is 0 Å². The number of hydrogen-bond donors (Lipinski definition) is 2. The van der Waals surface area contributed by atoms with Crippen molar-refractivity contribution in [2.24, 2.45) is 5.73 Å². The van der Waals surface area contributed by atoms with Crippen molar-refractivity contribution >= 4 is 27.3 Å². The fourth-order valence-corrected chi connectivity index (χ4v) is 3.40. The SMILES string of the molecule is NC1CC(c2ncc(-c3cc(Br)cs3)[nH]2)C1. The molecule has 5 heteroatoms. The van der Waals surface area contributed by atoms with Crippen LogP contribution < -0.4 is 5.73 Å². The maximum Gasteiger partial charge on any atom is 0.109 e. The lowest BCUT2D eigenvalue weighted by molar-refractivity contribution is 0.340. The van der Waals surface area contributed by atoms with Gasteiger partial charge in [0.1, 0.15) is 5.82 Å². The first-order valence-corrected chi connectivity index (χ1v) is 6.94. The number of thiophene rings is 1. The molecule has 1 saturated carbocycles. The van der Waals surface area contributed by atoms with Crippen molar-refractivity contribution in [1.82, 2.24) is 9.97 Å². The third-order valence-electron chi connectivity index (χ3n) is 2.99. The van der Waals surface area contributed by atoms with Gasteiger partial charge in [0.25, 0.3) is 0 Å². The molecule has 3 nitrogen and oxygen atoms in total. The molecule has 2 aromatic heterocycles. The van der Waals surface area contributed by atoms with E-state index in [2.05, 4.69) is 37.3 Å². The second-order valence-electron chi connectivity index (χ2n) is 4.24. The average Bonchev–Trinajstić information content (AvgIpc) is 2.81. The number of hydrogen-bond acceptors (Lipinski definition) is 3. The molecule has 3 rings (SSSR count). The summed E-state index contributed by atoms with van der Waals surface area (Å²) in [7, 11) is 0. The van der Waals surface area contributed by atoms with Crippen LogP contribution in [0.2, 0.25) is 0 Å². The van der Waals surface area contributed by atoms with Gasteiger partial charge < -0.3 is 10.7 Å². The Bertz CT molecular complexity index is 499. The molecule has 3 N–H and O–H groups in total. The van der Waals surface area contributed by atoms with Gasteiger partial charge >= 0.3 is 0 Å². The molecule has 0 bridgehead atoms. The van der Waals surface area contributed by atoms with Crippen molar-refractivity contribution in [3.8, 4) is 10.6 Å². The maximum atomic E-state index is 5.78. The summed E-state index contributed by atoms with van der Waals surface area (Å²) >= 11 is 5.17. The van der Waals surface area contributed by atoms with Crippen molar-refractivity contribution in [3.63, 3.8) is 0 Å². The molecule has 1 fully saturated rings. The van der Waals surface area contributed by atoms with Crippen LogP contribution in [0.5, 0.6) is 0 Å². The smallest absolute Gasteiger partial charge is 0.109 e. The minimum atomic E-state index is 0.370. The Kier molecular flexibility index (Phi) is 2.61. The summed E-state index contributed by atoms with van der Waals surface area (Å²) < 4.78 is 1.12. The normalized spacial score (nSPS) is 24.4. The van der Waals surface area contributed by atoms with Crippen molar-refractivity contribution in [3.05, 3.63) is 27.9 Å². The van der Waals surface area contributed by atoms with Gasteiger partial charge in [0.2, 0.25) is 0 Å². The van der Waals surface area contributed by atoms with E-state index in [1.165, 1.54) is 4.88 Å². The first-order chi connectivity index (χ1) is 7.72. The molecule has 0 radical (unpaired) electrons. The van der Waals surface area contributed by atoms with Crippen LogP contribution in [-0.2, 0) is 0 Å². The largest absolute Gasteiger partial charge is 0.341 e. The highest BCUT2D eigenvalue weighted by Crippen LogP contribution is 2.35. The molecular weight excluding hydrogens is 286 g/mol. The zero-order valence-corrected chi connectivity index (χ0v) is 11.0. The summed E-state index contributed by atoms with van der Waals surface area (Å²) in [5, 5.41) is 2.08. The number of nitrogens with one attached hydrogen (secondary N) is 1. The average molecular weight is 298 g/mol. The third kappa shape index (κ3) is 1.83. The lowest BCUT2D eigenvalue weighted by Gasteiger charge is -2.30. The van der Waals surface area contributed by atoms with Gasteiger partial charge in [0, 0.05) is 21.8 Å². The van der Waals surface area contributed by atoms with Gasteiger partial charge in [0.05, 0.1) is 16.8 Å². The molecule has 2 heterocycles. The van der Waals surface area contributed by atoms with E-state index in [-0.39, 0.29) is 0 Å². The molecule has 0 spiro atoms. The number of halogens is 1. The van der Waals surface area contributed by atoms with Crippen LogP contribution in [0.15, 0.2) is 22.1 Å². The van der Waals surface area contributed by atoms with Crippen molar-refractivity contribution < 1.29 is 0 Å². The predicted octanol–water partition coefficient (Wildman–Crippen LogP) is 3.11. The van der Waals surface area contributed by atoms with Crippen LogP contribution in [-0.4, -0.2) is 16.0 Å². The Hall–Kier alpha value is -0.650. The molecule has 0 saturated heterocycles. The summed E-state index contributed by atoms with van der Waals surface area (Å²) in [5.74, 6) is 1.62. The lowest BCUT2D eigenvalue weighted by Crippen LogP contribution is -2.35. The van der Waals surface area contributed by atoms with Gasteiger partial charge in [-0.15, -0.1) is 11.3 Å². The number of nitrogens with zero attached hydrogens (tertiary/aromatic N) is 1.